The van der Waals surface area contributed by atoms with Crippen LogP contribution in [0.3, 0.4) is 0 Å². The van der Waals surface area contributed by atoms with Crippen molar-refractivity contribution in [2.45, 2.75) is 32.8 Å². The minimum atomic E-state index is -0.352. The number of anilines is 1. The first-order chi connectivity index (χ1) is 13.9. The smallest absolute Gasteiger partial charge is 0.262 e. The van der Waals surface area contributed by atoms with Gasteiger partial charge in [-0.25, -0.2) is 0 Å². The summed E-state index contributed by atoms with van der Waals surface area (Å²) in [6.45, 7) is 4.78. The lowest BCUT2D eigenvalue weighted by molar-refractivity contribution is -0.118. The lowest BCUT2D eigenvalue weighted by atomic mass is 10.1. The van der Waals surface area contributed by atoms with E-state index in [1.807, 2.05) is 13.8 Å². The second-order valence-corrected chi connectivity index (χ2v) is 7.48. The predicted octanol–water partition coefficient (Wildman–Crippen LogP) is 3.88. The molecule has 1 aliphatic rings. The van der Waals surface area contributed by atoms with Crippen LogP contribution in [-0.4, -0.2) is 37.7 Å². The summed E-state index contributed by atoms with van der Waals surface area (Å²) in [4.78, 5) is 24.9. The molecular formula is C22H25ClN2O4. The average Bonchev–Trinajstić information content (AvgIpc) is 3.22. The molecule has 2 amide bonds. The Labute approximate surface area is 175 Å². The number of hydrogen-bond donors (Lipinski definition) is 2. The molecule has 3 rings (SSSR count). The molecule has 0 bridgehead atoms. The summed E-state index contributed by atoms with van der Waals surface area (Å²) >= 11 is 6.15. The fraction of sp³-hybridized carbons (Fsp3) is 0.364. The van der Waals surface area contributed by atoms with Crippen molar-refractivity contribution in [3.63, 3.8) is 0 Å². The zero-order valence-corrected chi connectivity index (χ0v) is 17.3. The van der Waals surface area contributed by atoms with E-state index in [0.29, 0.717) is 28.6 Å². The van der Waals surface area contributed by atoms with E-state index in [9.17, 15) is 9.59 Å². The van der Waals surface area contributed by atoms with Gasteiger partial charge in [0.25, 0.3) is 11.8 Å². The zero-order chi connectivity index (χ0) is 20.8. The number of ether oxygens (including phenoxy) is 2. The van der Waals surface area contributed by atoms with Gasteiger partial charge < -0.3 is 20.1 Å². The average molecular weight is 417 g/mol. The van der Waals surface area contributed by atoms with Gasteiger partial charge in [-0.1, -0.05) is 23.7 Å². The van der Waals surface area contributed by atoms with Gasteiger partial charge in [-0.05, 0) is 62.1 Å². The standard InChI is InChI=1S/C22H25ClN2O4/c1-14-10-17(11-15(2)21(14)23)29-13-20(26)25-19-8-4-3-7-18(19)22(27)24-12-16-6-5-9-28-16/h3-4,7-8,10-11,16H,5-6,9,12-13H2,1-2H3,(H,24,27)(H,25,26)/t16-/m1/s1. The first kappa shape index (κ1) is 21.1. The lowest BCUT2D eigenvalue weighted by Crippen LogP contribution is -2.32. The fourth-order valence-electron chi connectivity index (χ4n) is 3.22. The molecule has 0 radical (unpaired) electrons. The summed E-state index contributed by atoms with van der Waals surface area (Å²) in [5, 5.41) is 6.30. The van der Waals surface area contributed by atoms with Crippen LogP contribution in [0, 0.1) is 13.8 Å². The highest BCUT2D eigenvalue weighted by Crippen LogP contribution is 2.26. The number of benzene rings is 2. The van der Waals surface area contributed by atoms with Crippen LogP contribution in [0.25, 0.3) is 0 Å². The molecule has 2 aromatic carbocycles. The molecule has 0 aromatic heterocycles. The number of amides is 2. The van der Waals surface area contributed by atoms with Gasteiger partial charge in [-0.3, -0.25) is 9.59 Å². The maximum atomic E-state index is 12.5. The van der Waals surface area contributed by atoms with Gasteiger partial charge in [0.05, 0.1) is 17.4 Å². The van der Waals surface area contributed by atoms with Crippen LogP contribution in [0.1, 0.15) is 34.3 Å². The van der Waals surface area contributed by atoms with E-state index in [-0.39, 0.29) is 24.5 Å². The first-order valence-electron chi connectivity index (χ1n) is 9.62. The first-order valence-corrected chi connectivity index (χ1v) is 10.00. The summed E-state index contributed by atoms with van der Waals surface area (Å²) in [6, 6.07) is 10.5. The second kappa shape index (κ2) is 9.76. The molecule has 6 nitrogen and oxygen atoms in total. The van der Waals surface area contributed by atoms with Gasteiger partial charge in [0, 0.05) is 18.2 Å². The Balaban J connectivity index is 1.58. The van der Waals surface area contributed by atoms with Crippen LogP contribution >= 0.6 is 11.6 Å². The van der Waals surface area contributed by atoms with E-state index >= 15 is 0 Å². The summed E-state index contributed by atoms with van der Waals surface area (Å²) in [5.41, 5.74) is 2.61. The molecule has 1 aliphatic heterocycles. The molecule has 154 valence electrons. The summed E-state index contributed by atoms with van der Waals surface area (Å²) in [6.07, 6.45) is 2.01. The molecule has 0 spiro atoms. The highest BCUT2D eigenvalue weighted by molar-refractivity contribution is 6.32. The normalized spacial score (nSPS) is 15.8. The SMILES string of the molecule is Cc1cc(OCC(=O)Nc2ccccc2C(=O)NC[C@H]2CCCO2)cc(C)c1Cl. The van der Waals surface area contributed by atoms with Crippen molar-refractivity contribution in [1.29, 1.82) is 0 Å². The molecule has 2 aromatic rings. The minimum Gasteiger partial charge on any atom is -0.484 e. The van der Waals surface area contributed by atoms with Crippen LogP contribution in [0.15, 0.2) is 36.4 Å². The number of halogens is 1. The van der Waals surface area contributed by atoms with Gasteiger partial charge in [0.15, 0.2) is 6.61 Å². The summed E-state index contributed by atoms with van der Waals surface area (Å²) < 4.78 is 11.1. The fourth-order valence-corrected chi connectivity index (χ4v) is 3.33. The third kappa shape index (κ3) is 5.71. The van der Waals surface area contributed by atoms with E-state index in [2.05, 4.69) is 10.6 Å². The Bertz CT molecular complexity index is 871. The van der Waals surface area contributed by atoms with Crippen molar-refractivity contribution in [2.75, 3.05) is 25.1 Å². The van der Waals surface area contributed by atoms with Crippen LogP contribution in [0.4, 0.5) is 5.69 Å². The number of aryl methyl sites for hydroxylation is 2. The summed E-state index contributed by atoms with van der Waals surface area (Å²) in [7, 11) is 0. The molecule has 1 heterocycles. The third-order valence-corrected chi connectivity index (χ3v) is 5.34. The van der Waals surface area contributed by atoms with E-state index in [0.717, 1.165) is 30.6 Å². The van der Waals surface area contributed by atoms with E-state index in [1.165, 1.54) is 0 Å². The van der Waals surface area contributed by atoms with Crippen LogP contribution in [0.5, 0.6) is 5.75 Å². The Morgan fingerprint density at radius 1 is 1.21 bits per heavy atom. The van der Waals surface area contributed by atoms with Crippen LogP contribution in [-0.2, 0) is 9.53 Å². The molecule has 1 fully saturated rings. The van der Waals surface area contributed by atoms with E-state index < -0.39 is 0 Å². The van der Waals surface area contributed by atoms with Gasteiger partial charge in [-0.15, -0.1) is 0 Å². The van der Waals surface area contributed by atoms with Crippen molar-refractivity contribution in [3.05, 3.63) is 58.1 Å². The molecule has 2 N–H and O–H groups in total. The maximum absolute atomic E-state index is 12.5. The number of rotatable bonds is 7. The zero-order valence-electron chi connectivity index (χ0n) is 16.6. The number of carbonyl (C=O) groups is 2. The Hall–Kier alpha value is -2.57. The molecule has 0 saturated carbocycles. The highest BCUT2D eigenvalue weighted by atomic mass is 35.5. The topological polar surface area (TPSA) is 76.7 Å². The van der Waals surface area contributed by atoms with Gasteiger partial charge in [-0.2, -0.15) is 0 Å². The predicted molar refractivity (Wildman–Crippen MR) is 113 cm³/mol. The molecule has 1 atom stereocenters. The maximum Gasteiger partial charge on any atom is 0.262 e. The molecule has 0 aliphatic carbocycles. The molecule has 7 heteroatoms. The number of hydrogen-bond acceptors (Lipinski definition) is 4. The minimum absolute atomic E-state index is 0.0559. The van der Waals surface area contributed by atoms with E-state index in [4.69, 9.17) is 21.1 Å². The molecule has 1 saturated heterocycles. The molecular weight excluding hydrogens is 392 g/mol. The van der Waals surface area contributed by atoms with Crippen molar-refractivity contribution < 1.29 is 19.1 Å². The van der Waals surface area contributed by atoms with Crippen molar-refractivity contribution >= 4 is 29.1 Å². The third-order valence-electron chi connectivity index (χ3n) is 4.74. The molecule has 29 heavy (non-hydrogen) atoms. The Morgan fingerprint density at radius 3 is 2.62 bits per heavy atom. The lowest BCUT2D eigenvalue weighted by Gasteiger charge is -2.14. The number of nitrogens with one attached hydrogen (secondary N) is 2. The van der Waals surface area contributed by atoms with Crippen LogP contribution < -0.4 is 15.4 Å². The van der Waals surface area contributed by atoms with Gasteiger partial charge in [0.2, 0.25) is 0 Å². The Morgan fingerprint density at radius 2 is 1.93 bits per heavy atom. The van der Waals surface area contributed by atoms with E-state index in [1.54, 1.807) is 36.4 Å². The number of para-hydroxylation sites is 1. The molecule has 0 unspecified atom stereocenters. The Kier molecular flexibility index (Phi) is 7.12. The highest BCUT2D eigenvalue weighted by Gasteiger charge is 2.18. The second-order valence-electron chi connectivity index (χ2n) is 7.10. The quantitative estimate of drug-likeness (QED) is 0.718. The number of carbonyl (C=O) groups excluding carboxylic acids is 2. The van der Waals surface area contributed by atoms with Gasteiger partial charge >= 0.3 is 0 Å². The van der Waals surface area contributed by atoms with Crippen molar-refractivity contribution in [2.24, 2.45) is 0 Å². The van der Waals surface area contributed by atoms with Crippen molar-refractivity contribution in [3.8, 4) is 5.75 Å². The van der Waals surface area contributed by atoms with Crippen LogP contribution in [0.2, 0.25) is 5.02 Å². The van der Waals surface area contributed by atoms with Gasteiger partial charge in [0.1, 0.15) is 5.75 Å². The summed E-state index contributed by atoms with van der Waals surface area (Å²) in [5.74, 6) is -0.0296. The van der Waals surface area contributed by atoms with Crippen molar-refractivity contribution in [1.82, 2.24) is 5.32 Å². The largest absolute Gasteiger partial charge is 0.484 e. The monoisotopic (exact) mass is 416 g/mol.